The molecule has 2 aliphatic heterocycles. The van der Waals surface area contributed by atoms with Crippen LogP contribution in [0.1, 0.15) is 103 Å². The lowest BCUT2D eigenvalue weighted by molar-refractivity contribution is 0.692. The highest BCUT2D eigenvalue weighted by Gasteiger charge is 2.27. The minimum absolute atomic E-state index is 0. The van der Waals surface area contributed by atoms with Crippen molar-refractivity contribution in [2.75, 3.05) is 22.9 Å². The number of hydrogen-bond donors (Lipinski definition) is 0. The van der Waals surface area contributed by atoms with Crippen molar-refractivity contribution in [1.82, 2.24) is 34.5 Å². The van der Waals surface area contributed by atoms with Gasteiger partial charge in [0, 0.05) is 60.7 Å². The van der Waals surface area contributed by atoms with Gasteiger partial charge in [-0.25, -0.2) is 9.98 Å². The third-order valence-corrected chi connectivity index (χ3v) is 11.0. The van der Waals surface area contributed by atoms with Gasteiger partial charge in [0.25, 0.3) is 5.56 Å². The molecule has 0 spiro atoms. The van der Waals surface area contributed by atoms with E-state index in [0.29, 0.717) is 23.1 Å². The molecule has 2 aliphatic rings. The number of aryl methyl sites for hydroxylation is 3. The van der Waals surface area contributed by atoms with E-state index in [1.54, 1.807) is 10.7 Å². The summed E-state index contributed by atoms with van der Waals surface area (Å²) in [5.41, 5.74) is 12.0. The van der Waals surface area contributed by atoms with E-state index in [2.05, 4.69) is 125 Å². The van der Waals surface area contributed by atoms with Crippen LogP contribution in [0.3, 0.4) is 0 Å². The zero-order chi connectivity index (χ0) is 43.8. The Kier molecular flexibility index (Phi) is 13.6. The van der Waals surface area contributed by atoms with Crippen LogP contribution in [-0.2, 0) is 12.8 Å². The molecule has 0 unspecified atom stereocenters. The summed E-state index contributed by atoms with van der Waals surface area (Å²) in [6, 6.07) is 23.4. The van der Waals surface area contributed by atoms with Gasteiger partial charge in [0.15, 0.2) is 11.5 Å². The molecule has 0 aliphatic carbocycles. The van der Waals surface area contributed by atoms with E-state index in [4.69, 9.17) is 9.98 Å². The van der Waals surface area contributed by atoms with Crippen LogP contribution in [0.25, 0.3) is 28.8 Å². The van der Waals surface area contributed by atoms with Crippen LogP contribution in [0, 0.1) is 25.8 Å². The highest BCUT2D eigenvalue weighted by molar-refractivity contribution is 6.48. The van der Waals surface area contributed by atoms with Gasteiger partial charge in [0.05, 0.1) is 22.8 Å². The van der Waals surface area contributed by atoms with Crippen molar-refractivity contribution in [3.8, 4) is 23.5 Å². The van der Waals surface area contributed by atoms with Crippen molar-refractivity contribution < 1.29 is 1.43 Å². The van der Waals surface area contributed by atoms with Crippen molar-refractivity contribution in [2.45, 2.75) is 93.9 Å². The van der Waals surface area contributed by atoms with E-state index in [1.807, 2.05) is 62.9 Å². The number of nitrogens with zero attached hydrogens (tertiary/aromatic N) is 11. The summed E-state index contributed by atoms with van der Waals surface area (Å²) in [4.78, 5) is 31.8. The Bertz CT molecular complexity index is 2900. The number of aromatic nitrogens is 7. The molecule has 6 heterocycles. The lowest BCUT2D eigenvalue weighted by atomic mass is 9.99. The molecule has 12 nitrogen and oxygen atoms in total. The van der Waals surface area contributed by atoms with Gasteiger partial charge in [-0.3, -0.25) is 9.78 Å². The maximum atomic E-state index is 13.3. The molecule has 0 N–H and O–H groups in total. The third-order valence-electron chi connectivity index (χ3n) is 11.0. The second-order valence-corrected chi connectivity index (χ2v) is 15.3. The summed E-state index contributed by atoms with van der Waals surface area (Å²) in [5, 5.41) is 18.8. The minimum Gasteiger partial charge on any atom is -0.348 e. The first kappa shape index (κ1) is 43.1. The largest absolute Gasteiger partial charge is 0.348 e. The van der Waals surface area contributed by atoms with Gasteiger partial charge >= 0.3 is 0 Å². The van der Waals surface area contributed by atoms with Gasteiger partial charge in [-0.2, -0.15) is 19.4 Å². The number of aliphatic imine (C=N–C) groups is 1. The fourth-order valence-corrected chi connectivity index (χ4v) is 7.66. The van der Waals surface area contributed by atoms with Crippen LogP contribution in [0.4, 0.5) is 17.1 Å². The van der Waals surface area contributed by atoms with E-state index in [1.165, 1.54) is 15.9 Å². The molecular weight excluding hydrogens is 771 g/mol. The van der Waals surface area contributed by atoms with Crippen molar-refractivity contribution in [2.24, 2.45) is 10.1 Å². The topological polar surface area (TPSA) is 122 Å². The van der Waals surface area contributed by atoms with Crippen molar-refractivity contribution in [3.63, 3.8) is 0 Å². The van der Waals surface area contributed by atoms with Crippen LogP contribution in [-0.4, -0.2) is 59.0 Å². The van der Waals surface area contributed by atoms with Crippen LogP contribution in [0.2, 0.25) is 0 Å². The smallest absolute Gasteiger partial charge is 0.277 e. The fourth-order valence-electron chi connectivity index (χ4n) is 7.66. The van der Waals surface area contributed by atoms with Crippen molar-refractivity contribution in [1.29, 1.82) is 0 Å². The number of pyridine rings is 1. The maximum absolute atomic E-state index is 13.3. The Morgan fingerprint density at radius 1 is 0.903 bits per heavy atom. The molecule has 318 valence electrons. The van der Waals surface area contributed by atoms with E-state index in [9.17, 15) is 4.79 Å². The minimum atomic E-state index is -0.0482. The molecular formula is C50H57N11O. The van der Waals surface area contributed by atoms with E-state index >= 15 is 0 Å². The summed E-state index contributed by atoms with van der Waals surface area (Å²) in [6.07, 6.45) is 15.9. The van der Waals surface area contributed by atoms with Crippen molar-refractivity contribution >= 4 is 45.8 Å². The zero-order valence-electron chi connectivity index (χ0n) is 37.1. The van der Waals surface area contributed by atoms with Gasteiger partial charge in [-0.1, -0.05) is 63.0 Å². The molecule has 0 saturated carbocycles. The number of fused-ring (bicyclic) bond motifs is 3. The predicted molar refractivity (Wildman–Crippen MR) is 255 cm³/mol. The lowest BCUT2D eigenvalue weighted by Gasteiger charge is -2.26. The maximum Gasteiger partial charge on any atom is 0.277 e. The number of allylic oxidation sites excluding steroid dienone is 3. The highest BCUT2D eigenvalue weighted by atomic mass is 16.1. The van der Waals surface area contributed by atoms with Gasteiger partial charge in [0.1, 0.15) is 11.4 Å². The lowest BCUT2D eigenvalue weighted by Crippen LogP contribution is -2.27. The number of para-hydroxylation sites is 1. The second kappa shape index (κ2) is 19.6. The summed E-state index contributed by atoms with van der Waals surface area (Å²) < 4.78 is 3.22. The molecule has 0 amide bonds. The Hall–Kier alpha value is -7.00. The van der Waals surface area contributed by atoms with Gasteiger partial charge in [-0.05, 0) is 127 Å². The molecule has 6 aromatic rings. The normalized spacial score (nSPS) is 14.4. The Balaban J connectivity index is 0.000000208. The molecule has 0 saturated heterocycles. The van der Waals surface area contributed by atoms with E-state index < -0.39 is 0 Å². The first-order chi connectivity index (χ1) is 30.2. The number of rotatable bonds is 12. The molecule has 0 fully saturated rings. The standard InChI is InChI=1S/C27H35N5O.C23H20N6.H2/c1-7-11-13-22-24(14-12-8-2)29-26-25(20(6)30-32(26)27(22)33)28-23-16-15-21(18-19(23)5)31(10-4)17-9-3;1-3-28-15-13-17(19-8-4-5-10-21(19)28)11-12-18-16(2)27-29-22(18)25-26-23(29)20-9-6-7-14-24-20;/h15-16,18H,7-8,10-14H2,1-6H3;4-15H,3H2,1-2H3;1H/b;17-11+,18-12-;. The summed E-state index contributed by atoms with van der Waals surface area (Å²) in [7, 11) is 0. The number of anilines is 2. The van der Waals surface area contributed by atoms with E-state index in [0.717, 1.165) is 108 Å². The van der Waals surface area contributed by atoms with Crippen LogP contribution in [0.5, 0.6) is 0 Å². The Labute approximate surface area is 365 Å². The number of hydrogen-bond acceptors (Lipinski definition) is 10. The zero-order valence-corrected chi connectivity index (χ0v) is 37.1. The van der Waals surface area contributed by atoms with Gasteiger partial charge in [-0.15, -0.1) is 10.2 Å². The Morgan fingerprint density at radius 3 is 2.42 bits per heavy atom. The molecule has 0 atom stereocenters. The molecule has 8 rings (SSSR count). The van der Waals surface area contributed by atoms with Gasteiger partial charge < -0.3 is 9.80 Å². The SMILES string of the molecule is CC#CN(CC)c1ccc(N=C2C(C)=Nn3c2nc(CCCC)c(CCCC)c3=O)c(C)c1.CCN1C=C/C(=C\C=c2\c(C)nn3c(-c4ccccn4)nnc23)c2ccccc21.[HH]. The molecule has 0 radical (unpaired) electrons. The second-order valence-electron chi connectivity index (χ2n) is 15.3. The summed E-state index contributed by atoms with van der Waals surface area (Å²) >= 11 is 0. The molecule has 2 aromatic carbocycles. The first-order valence-corrected chi connectivity index (χ1v) is 21.7. The number of unbranched alkanes of at least 4 members (excludes halogenated alkanes) is 2. The first-order valence-electron chi connectivity index (χ1n) is 21.7. The summed E-state index contributed by atoms with van der Waals surface area (Å²) in [6.45, 7) is 18.0. The predicted octanol–water partition coefficient (Wildman–Crippen LogP) is 9.08. The summed E-state index contributed by atoms with van der Waals surface area (Å²) in [5.74, 6) is 4.17. The fraction of sp³-hybridized carbons (Fsp3) is 0.320. The molecule has 62 heavy (non-hydrogen) atoms. The van der Waals surface area contributed by atoms with Crippen molar-refractivity contribution in [3.05, 3.63) is 135 Å². The van der Waals surface area contributed by atoms with Gasteiger partial charge in [0.2, 0.25) is 5.82 Å². The average Bonchev–Trinajstić information content (AvgIpc) is 3.95. The monoisotopic (exact) mass is 827 g/mol. The van der Waals surface area contributed by atoms with Crippen LogP contribution < -0.4 is 20.6 Å². The highest BCUT2D eigenvalue weighted by Crippen LogP contribution is 2.32. The third kappa shape index (κ3) is 8.89. The van der Waals surface area contributed by atoms with Crippen LogP contribution >= 0.6 is 0 Å². The quantitative estimate of drug-likeness (QED) is 0.0885. The molecule has 12 heteroatoms. The number of benzene rings is 2. The van der Waals surface area contributed by atoms with E-state index in [-0.39, 0.29) is 6.99 Å². The molecule has 0 bridgehead atoms. The molecule has 4 aromatic heterocycles. The Morgan fingerprint density at radius 2 is 1.69 bits per heavy atom. The van der Waals surface area contributed by atoms with Crippen LogP contribution in [0.15, 0.2) is 100 Å². The average molecular weight is 828 g/mol.